The summed E-state index contributed by atoms with van der Waals surface area (Å²) in [6, 6.07) is 9.47. The van der Waals surface area contributed by atoms with Gasteiger partial charge in [-0.05, 0) is 61.2 Å². The molecule has 0 bridgehead atoms. The number of hydrogen-bond acceptors (Lipinski definition) is 3. The van der Waals surface area contributed by atoms with E-state index in [0.717, 1.165) is 19.9 Å². The molecule has 144 valence electrons. The maximum absolute atomic E-state index is 14.5. The molecule has 0 saturated carbocycles. The van der Waals surface area contributed by atoms with E-state index in [9.17, 15) is 17.6 Å². The van der Waals surface area contributed by atoms with Crippen molar-refractivity contribution in [1.82, 2.24) is 4.31 Å². The Labute approximate surface area is 167 Å². The predicted molar refractivity (Wildman–Crippen MR) is 106 cm³/mol. The Morgan fingerprint density at radius 1 is 1.26 bits per heavy atom. The SMILES string of the molecule is Cc1cc(F)c2c(c1)CCCN2C(=O)CN(C)S(=O)(=O)c1ccc(Br)cc1. The van der Waals surface area contributed by atoms with Crippen LogP contribution in [0.3, 0.4) is 0 Å². The minimum absolute atomic E-state index is 0.0989. The van der Waals surface area contributed by atoms with Crippen molar-refractivity contribution in [1.29, 1.82) is 0 Å². The fraction of sp³-hybridized carbons (Fsp3) is 0.316. The fourth-order valence-electron chi connectivity index (χ4n) is 3.24. The van der Waals surface area contributed by atoms with Gasteiger partial charge in [0.05, 0.1) is 17.1 Å². The van der Waals surface area contributed by atoms with E-state index in [1.165, 1.54) is 30.1 Å². The van der Waals surface area contributed by atoms with Crippen molar-refractivity contribution in [3.05, 3.63) is 57.8 Å². The lowest BCUT2D eigenvalue weighted by atomic mass is 9.99. The topological polar surface area (TPSA) is 57.7 Å². The van der Waals surface area contributed by atoms with E-state index < -0.39 is 21.7 Å². The van der Waals surface area contributed by atoms with Crippen molar-refractivity contribution < 1.29 is 17.6 Å². The van der Waals surface area contributed by atoms with Gasteiger partial charge < -0.3 is 4.90 Å². The number of aryl methyl sites for hydroxylation is 2. The number of benzene rings is 2. The molecule has 0 aliphatic carbocycles. The smallest absolute Gasteiger partial charge is 0.243 e. The Morgan fingerprint density at radius 2 is 1.93 bits per heavy atom. The highest BCUT2D eigenvalue weighted by molar-refractivity contribution is 9.10. The monoisotopic (exact) mass is 454 g/mol. The van der Waals surface area contributed by atoms with Crippen molar-refractivity contribution in [2.75, 3.05) is 25.0 Å². The van der Waals surface area contributed by atoms with E-state index in [1.807, 2.05) is 13.0 Å². The summed E-state index contributed by atoms with van der Waals surface area (Å²) in [5.41, 5.74) is 1.85. The molecule has 2 aromatic carbocycles. The molecule has 0 unspecified atom stereocenters. The van der Waals surface area contributed by atoms with Gasteiger partial charge in [-0.25, -0.2) is 12.8 Å². The van der Waals surface area contributed by atoms with E-state index >= 15 is 0 Å². The zero-order chi connectivity index (χ0) is 19.8. The molecule has 0 fully saturated rings. The van der Waals surface area contributed by atoms with Crippen LogP contribution in [0.4, 0.5) is 10.1 Å². The molecule has 0 aromatic heterocycles. The van der Waals surface area contributed by atoms with E-state index in [0.29, 0.717) is 19.4 Å². The van der Waals surface area contributed by atoms with Crippen LogP contribution in [0, 0.1) is 12.7 Å². The molecule has 0 saturated heterocycles. The molecule has 1 aliphatic heterocycles. The van der Waals surface area contributed by atoms with Gasteiger partial charge in [-0.15, -0.1) is 0 Å². The lowest BCUT2D eigenvalue weighted by molar-refractivity contribution is -0.118. The average Bonchev–Trinajstić information content (AvgIpc) is 2.61. The highest BCUT2D eigenvalue weighted by Gasteiger charge is 2.30. The first-order chi connectivity index (χ1) is 12.7. The predicted octanol–water partition coefficient (Wildman–Crippen LogP) is 3.50. The minimum atomic E-state index is -3.81. The second-order valence-corrected chi connectivity index (χ2v) is 9.58. The van der Waals surface area contributed by atoms with Gasteiger partial charge in [0.25, 0.3) is 0 Å². The van der Waals surface area contributed by atoms with Crippen molar-refractivity contribution >= 4 is 37.5 Å². The summed E-state index contributed by atoms with van der Waals surface area (Å²) in [7, 11) is -2.46. The number of amides is 1. The second-order valence-electron chi connectivity index (χ2n) is 6.62. The number of rotatable bonds is 4. The Bertz CT molecular complexity index is 977. The standard InChI is InChI=1S/C19H20BrFN2O3S/c1-13-10-14-4-3-9-23(19(14)17(21)11-13)18(24)12-22(2)27(25,26)16-7-5-15(20)6-8-16/h5-8,10-11H,3-4,9,12H2,1-2H3. The third-order valence-electron chi connectivity index (χ3n) is 4.57. The molecule has 5 nitrogen and oxygen atoms in total. The summed E-state index contributed by atoms with van der Waals surface area (Å²) in [4.78, 5) is 14.2. The van der Waals surface area contributed by atoms with Crippen LogP contribution in [0.25, 0.3) is 0 Å². The summed E-state index contributed by atoms with van der Waals surface area (Å²) < 4.78 is 41.6. The third-order valence-corrected chi connectivity index (χ3v) is 6.91. The molecule has 0 atom stereocenters. The van der Waals surface area contributed by atoms with Crippen LogP contribution in [-0.4, -0.2) is 38.8 Å². The van der Waals surface area contributed by atoms with Gasteiger partial charge in [0, 0.05) is 18.1 Å². The Kier molecular flexibility index (Phi) is 5.69. The number of halogens is 2. The molecule has 0 radical (unpaired) electrons. The minimum Gasteiger partial charge on any atom is -0.308 e. The van der Waals surface area contributed by atoms with Crippen molar-refractivity contribution in [3.63, 3.8) is 0 Å². The van der Waals surface area contributed by atoms with Crippen molar-refractivity contribution in [3.8, 4) is 0 Å². The van der Waals surface area contributed by atoms with Gasteiger partial charge in [0.15, 0.2) is 0 Å². The molecule has 3 rings (SSSR count). The highest BCUT2D eigenvalue weighted by Crippen LogP contribution is 2.31. The number of fused-ring (bicyclic) bond motifs is 1. The number of carbonyl (C=O) groups is 1. The highest BCUT2D eigenvalue weighted by atomic mass is 79.9. The molecular weight excluding hydrogens is 435 g/mol. The second kappa shape index (κ2) is 7.69. The van der Waals surface area contributed by atoms with Crippen LogP contribution >= 0.6 is 15.9 Å². The molecule has 1 aliphatic rings. The lowest BCUT2D eigenvalue weighted by Crippen LogP contribution is -2.43. The van der Waals surface area contributed by atoms with E-state index in [-0.39, 0.29) is 17.1 Å². The van der Waals surface area contributed by atoms with Crippen molar-refractivity contribution in [2.24, 2.45) is 0 Å². The molecule has 0 N–H and O–H groups in total. The van der Waals surface area contributed by atoms with Crippen LogP contribution in [0.2, 0.25) is 0 Å². The van der Waals surface area contributed by atoms with Crippen LogP contribution < -0.4 is 4.90 Å². The van der Waals surface area contributed by atoms with Crippen LogP contribution in [0.5, 0.6) is 0 Å². The molecular formula is C19H20BrFN2O3S. The zero-order valence-electron chi connectivity index (χ0n) is 15.1. The zero-order valence-corrected chi connectivity index (χ0v) is 17.5. The number of carbonyl (C=O) groups excluding carboxylic acids is 1. The molecule has 8 heteroatoms. The summed E-state index contributed by atoms with van der Waals surface area (Å²) in [5.74, 6) is -0.890. The molecule has 0 spiro atoms. The van der Waals surface area contributed by atoms with Gasteiger partial charge in [-0.1, -0.05) is 22.0 Å². The van der Waals surface area contributed by atoms with Crippen LogP contribution in [-0.2, 0) is 21.2 Å². The number of sulfonamides is 1. The normalized spacial score (nSPS) is 14.3. The maximum atomic E-state index is 14.5. The van der Waals surface area contributed by atoms with Crippen LogP contribution in [0.15, 0.2) is 45.8 Å². The number of anilines is 1. The fourth-order valence-corrected chi connectivity index (χ4v) is 4.62. The van der Waals surface area contributed by atoms with E-state index in [4.69, 9.17) is 0 Å². The van der Waals surface area contributed by atoms with Crippen LogP contribution in [0.1, 0.15) is 17.5 Å². The first-order valence-electron chi connectivity index (χ1n) is 8.51. The number of likely N-dealkylation sites (N-methyl/N-ethyl adjacent to an activating group) is 1. The first-order valence-corrected chi connectivity index (χ1v) is 10.7. The maximum Gasteiger partial charge on any atom is 0.243 e. The Hall–Kier alpha value is -1.77. The number of hydrogen-bond donors (Lipinski definition) is 0. The largest absolute Gasteiger partial charge is 0.308 e. The third kappa shape index (κ3) is 4.07. The quantitative estimate of drug-likeness (QED) is 0.710. The van der Waals surface area contributed by atoms with Gasteiger partial charge in [0.2, 0.25) is 15.9 Å². The Morgan fingerprint density at radius 3 is 2.59 bits per heavy atom. The van der Waals surface area contributed by atoms with Crippen molar-refractivity contribution in [2.45, 2.75) is 24.7 Å². The van der Waals surface area contributed by atoms with E-state index in [1.54, 1.807) is 12.1 Å². The lowest BCUT2D eigenvalue weighted by Gasteiger charge is -2.31. The molecule has 1 heterocycles. The van der Waals surface area contributed by atoms with Gasteiger partial charge >= 0.3 is 0 Å². The first kappa shape index (κ1) is 20.0. The number of nitrogens with zero attached hydrogens (tertiary/aromatic N) is 2. The van der Waals surface area contributed by atoms with Gasteiger partial charge in [0.1, 0.15) is 5.82 Å². The van der Waals surface area contributed by atoms with Gasteiger partial charge in [-0.3, -0.25) is 4.79 Å². The molecule has 2 aromatic rings. The summed E-state index contributed by atoms with van der Waals surface area (Å²) in [6.45, 7) is 1.83. The molecule has 27 heavy (non-hydrogen) atoms. The summed E-state index contributed by atoms with van der Waals surface area (Å²) in [6.07, 6.45) is 1.41. The van der Waals surface area contributed by atoms with E-state index in [2.05, 4.69) is 15.9 Å². The van der Waals surface area contributed by atoms with Gasteiger partial charge in [-0.2, -0.15) is 4.31 Å². The summed E-state index contributed by atoms with van der Waals surface area (Å²) in [5, 5.41) is 0. The summed E-state index contributed by atoms with van der Waals surface area (Å²) >= 11 is 3.26. The average molecular weight is 455 g/mol. The Balaban J connectivity index is 1.83. The molecule has 1 amide bonds.